The molecular formula is C17H19BrN2O3. The van der Waals surface area contributed by atoms with Gasteiger partial charge in [0.15, 0.2) is 10.4 Å². The maximum Gasteiger partial charge on any atom is 0.291 e. The van der Waals surface area contributed by atoms with Crippen molar-refractivity contribution < 1.29 is 14.0 Å². The normalized spacial score (nSPS) is 12.0. The van der Waals surface area contributed by atoms with Crippen LogP contribution >= 0.6 is 15.9 Å². The Hall–Kier alpha value is -2.08. The lowest BCUT2D eigenvalue weighted by atomic mass is 10.1. The zero-order valence-corrected chi connectivity index (χ0v) is 14.8. The number of anilines is 1. The molecule has 0 aliphatic carbocycles. The van der Waals surface area contributed by atoms with Crippen molar-refractivity contribution in [1.82, 2.24) is 5.32 Å². The first-order valence-corrected chi connectivity index (χ1v) is 8.13. The van der Waals surface area contributed by atoms with E-state index in [1.807, 2.05) is 20.8 Å². The van der Waals surface area contributed by atoms with Crippen LogP contribution in [0.25, 0.3) is 0 Å². The Morgan fingerprint density at radius 3 is 2.43 bits per heavy atom. The number of furan rings is 1. The van der Waals surface area contributed by atoms with E-state index in [4.69, 9.17) is 4.42 Å². The predicted octanol–water partition coefficient (Wildman–Crippen LogP) is 4.07. The quantitative estimate of drug-likeness (QED) is 0.823. The molecule has 0 spiro atoms. The van der Waals surface area contributed by atoms with Crippen molar-refractivity contribution in [2.24, 2.45) is 5.92 Å². The van der Waals surface area contributed by atoms with Crippen molar-refractivity contribution >= 4 is 33.4 Å². The first-order valence-electron chi connectivity index (χ1n) is 7.34. The molecule has 23 heavy (non-hydrogen) atoms. The molecule has 0 saturated carbocycles. The molecule has 0 unspecified atom stereocenters. The number of benzene rings is 1. The largest absolute Gasteiger partial charge is 0.444 e. The molecular weight excluding hydrogens is 360 g/mol. The fraction of sp³-hybridized carbons (Fsp3) is 0.294. The summed E-state index contributed by atoms with van der Waals surface area (Å²) in [4.78, 5) is 24.3. The van der Waals surface area contributed by atoms with Crippen LogP contribution in [0.2, 0.25) is 0 Å². The minimum atomic E-state index is -0.371. The van der Waals surface area contributed by atoms with Gasteiger partial charge < -0.3 is 15.1 Å². The monoisotopic (exact) mass is 378 g/mol. The number of carbonyl (C=O) groups is 2. The van der Waals surface area contributed by atoms with E-state index in [0.29, 0.717) is 21.8 Å². The minimum absolute atomic E-state index is 0.0706. The zero-order chi connectivity index (χ0) is 17.0. The molecule has 0 aliphatic heterocycles. The van der Waals surface area contributed by atoms with Crippen molar-refractivity contribution in [3.05, 3.63) is 52.4 Å². The van der Waals surface area contributed by atoms with Crippen LogP contribution in [0.5, 0.6) is 0 Å². The second-order valence-electron chi connectivity index (χ2n) is 5.64. The third-order valence-electron chi connectivity index (χ3n) is 3.54. The standard InChI is InChI=1S/C17H19BrN2O3/c1-10(2)11(3)19-16(21)12-5-4-6-13(9-12)20-17(22)14-7-8-15(18)23-14/h4-11H,1-3H3,(H,19,21)(H,20,22)/t11-/m1/s1. The number of hydrogen-bond acceptors (Lipinski definition) is 3. The summed E-state index contributed by atoms with van der Waals surface area (Å²) >= 11 is 3.15. The number of nitrogens with one attached hydrogen (secondary N) is 2. The van der Waals surface area contributed by atoms with Crippen molar-refractivity contribution in [2.45, 2.75) is 26.8 Å². The Kier molecular flexibility index (Phi) is 5.60. The lowest BCUT2D eigenvalue weighted by Gasteiger charge is -2.17. The van der Waals surface area contributed by atoms with Crippen LogP contribution in [0.4, 0.5) is 5.69 Å². The van der Waals surface area contributed by atoms with E-state index in [0.717, 1.165) is 0 Å². The maximum absolute atomic E-state index is 12.2. The Bertz CT molecular complexity index is 709. The zero-order valence-electron chi connectivity index (χ0n) is 13.2. The van der Waals surface area contributed by atoms with Gasteiger partial charge in [-0.15, -0.1) is 0 Å². The van der Waals surface area contributed by atoms with E-state index in [9.17, 15) is 9.59 Å². The van der Waals surface area contributed by atoms with Gasteiger partial charge in [-0.25, -0.2) is 0 Å². The van der Waals surface area contributed by atoms with E-state index in [2.05, 4.69) is 26.6 Å². The molecule has 2 N–H and O–H groups in total. The molecule has 1 aromatic heterocycles. The highest BCUT2D eigenvalue weighted by molar-refractivity contribution is 9.10. The fourth-order valence-electron chi connectivity index (χ4n) is 1.82. The van der Waals surface area contributed by atoms with Crippen LogP contribution < -0.4 is 10.6 Å². The molecule has 1 heterocycles. The van der Waals surface area contributed by atoms with Gasteiger partial charge in [0.25, 0.3) is 11.8 Å². The van der Waals surface area contributed by atoms with Crippen LogP contribution in [0.3, 0.4) is 0 Å². The Labute approximate surface area is 143 Å². The predicted molar refractivity (Wildman–Crippen MR) is 92.6 cm³/mol. The molecule has 0 bridgehead atoms. The van der Waals surface area contributed by atoms with E-state index in [1.165, 1.54) is 0 Å². The highest BCUT2D eigenvalue weighted by atomic mass is 79.9. The second-order valence-corrected chi connectivity index (χ2v) is 6.43. The third-order valence-corrected chi connectivity index (χ3v) is 3.96. The lowest BCUT2D eigenvalue weighted by molar-refractivity contribution is 0.0929. The minimum Gasteiger partial charge on any atom is -0.444 e. The van der Waals surface area contributed by atoms with Crippen LogP contribution in [-0.2, 0) is 0 Å². The molecule has 2 aromatic rings. The maximum atomic E-state index is 12.2. The molecule has 2 amide bonds. The van der Waals surface area contributed by atoms with Crippen molar-refractivity contribution in [1.29, 1.82) is 0 Å². The van der Waals surface area contributed by atoms with Crippen molar-refractivity contribution in [3.8, 4) is 0 Å². The molecule has 1 aromatic carbocycles. The summed E-state index contributed by atoms with van der Waals surface area (Å²) in [5.74, 6) is 0.00578. The molecule has 1 atom stereocenters. The lowest BCUT2D eigenvalue weighted by Crippen LogP contribution is -2.36. The molecule has 122 valence electrons. The summed E-state index contributed by atoms with van der Waals surface area (Å²) in [6, 6.07) is 10.1. The molecule has 2 rings (SSSR count). The highest BCUT2D eigenvalue weighted by Gasteiger charge is 2.14. The Balaban J connectivity index is 2.07. The molecule has 0 radical (unpaired) electrons. The topological polar surface area (TPSA) is 71.3 Å². The van der Waals surface area contributed by atoms with Gasteiger partial charge in [0, 0.05) is 17.3 Å². The first-order chi connectivity index (χ1) is 10.9. The number of carbonyl (C=O) groups excluding carboxylic acids is 2. The molecule has 6 heteroatoms. The van der Waals surface area contributed by atoms with Gasteiger partial charge in [-0.2, -0.15) is 0 Å². The molecule has 0 fully saturated rings. The summed E-state index contributed by atoms with van der Waals surface area (Å²) in [6.07, 6.45) is 0. The van der Waals surface area contributed by atoms with Gasteiger partial charge in [0.05, 0.1) is 0 Å². The van der Waals surface area contributed by atoms with Crippen molar-refractivity contribution in [2.75, 3.05) is 5.32 Å². The Morgan fingerprint density at radius 2 is 1.83 bits per heavy atom. The van der Waals surface area contributed by atoms with E-state index < -0.39 is 0 Å². The summed E-state index contributed by atoms with van der Waals surface area (Å²) in [7, 11) is 0. The van der Waals surface area contributed by atoms with Gasteiger partial charge in [-0.05, 0) is 59.1 Å². The van der Waals surface area contributed by atoms with Gasteiger partial charge >= 0.3 is 0 Å². The molecule has 0 saturated heterocycles. The van der Waals surface area contributed by atoms with Gasteiger partial charge in [0.1, 0.15) is 0 Å². The average molecular weight is 379 g/mol. The van der Waals surface area contributed by atoms with E-state index in [-0.39, 0.29) is 23.6 Å². The first kappa shape index (κ1) is 17.3. The number of hydrogen-bond donors (Lipinski definition) is 2. The van der Waals surface area contributed by atoms with Crippen LogP contribution in [-0.4, -0.2) is 17.9 Å². The van der Waals surface area contributed by atoms with E-state index >= 15 is 0 Å². The highest BCUT2D eigenvalue weighted by Crippen LogP contribution is 2.17. The third kappa shape index (κ3) is 4.69. The smallest absolute Gasteiger partial charge is 0.291 e. The van der Waals surface area contributed by atoms with Gasteiger partial charge in [-0.3, -0.25) is 9.59 Å². The molecule has 5 nitrogen and oxygen atoms in total. The Morgan fingerprint density at radius 1 is 1.09 bits per heavy atom. The van der Waals surface area contributed by atoms with Gasteiger partial charge in [0.2, 0.25) is 0 Å². The number of rotatable bonds is 5. The SMILES string of the molecule is CC(C)[C@@H](C)NC(=O)c1cccc(NC(=O)c2ccc(Br)o2)c1. The van der Waals surface area contributed by atoms with Crippen LogP contribution in [0.1, 0.15) is 41.7 Å². The summed E-state index contributed by atoms with van der Waals surface area (Å²) in [5.41, 5.74) is 1.03. The summed E-state index contributed by atoms with van der Waals surface area (Å²) in [5, 5.41) is 5.64. The molecule has 0 aliphatic rings. The van der Waals surface area contributed by atoms with E-state index in [1.54, 1.807) is 36.4 Å². The number of amides is 2. The summed E-state index contributed by atoms with van der Waals surface area (Å²) < 4.78 is 5.68. The fourth-order valence-corrected chi connectivity index (χ4v) is 2.13. The second kappa shape index (κ2) is 7.46. The van der Waals surface area contributed by atoms with Gasteiger partial charge in [-0.1, -0.05) is 19.9 Å². The van der Waals surface area contributed by atoms with Crippen LogP contribution in [0, 0.1) is 5.92 Å². The number of halogens is 1. The summed E-state index contributed by atoms with van der Waals surface area (Å²) in [6.45, 7) is 6.05. The van der Waals surface area contributed by atoms with Crippen LogP contribution in [0.15, 0.2) is 45.5 Å². The average Bonchev–Trinajstić information content (AvgIpc) is 2.94. The van der Waals surface area contributed by atoms with Crippen molar-refractivity contribution in [3.63, 3.8) is 0 Å².